The largest absolute Gasteiger partial charge is 0.506 e. The summed E-state index contributed by atoms with van der Waals surface area (Å²) in [5, 5.41) is 21.6. The van der Waals surface area contributed by atoms with Crippen LogP contribution >= 0.6 is 7.82 Å². The molecule has 0 unspecified atom stereocenters. The molecule has 1 aliphatic rings. The maximum Gasteiger partial charge on any atom is 0.469 e. The smallest absolute Gasteiger partial charge is 0.469 e. The summed E-state index contributed by atoms with van der Waals surface area (Å²) in [4.78, 5) is 39.3. The highest BCUT2D eigenvalue weighted by Gasteiger charge is 2.30. The van der Waals surface area contributed by atoms with E-state index in [4.69, 9.17) is 14.5 Å². The van der Waals surface area contributed by atoms with Crippen molar-refractivity contribution in [3.05, 3.63) is 82.2 Å². The quantitative estimate of drug-likeness (QED) is 0.254. The summed E-state index contributed by atoms with van der Waals surface area (Å²) < 4.78 is 21.2. The average molecular weight is 527 g/mol. The molecule has 1 aliphatic heterocycles. The molecule has 1 amide bonds. The Morgan fingerprint density at radius 2 is 1.89 bits per heavy atom. The predicted molar refractivity (Wildman–Crippen MR) is 134 cm³/mol. The number of phosphoric ester groups is 1. The van der Waals surface area contributed by atoms with E-state index in [1.54, 1.807) is 13.0 Å². The number of carbonyl (C=O) groups excluding carboxylic acids is 1. The van der Waals surface area contributed by atoms with Gasteiger partial charge in [-0.3, -0.25) is 24.5 Å². The molecule has 0 saturated carbocycles. The second-order valence-corrected chi connectivity index (χ2v) is 9.71. The fraction of sp³-hybridized carbons (Fsp3) is 0.240. The second-order valence-electron chi connectivity index (χ2n) is 8.47. The van der Waals surface area contributed by atoms with E-state index in [1.807, 2.05) is 36.4 Å². The van der Waals surface area contributed by atoms with Crippen LogP contribution < -0.4 is 9.80 Å². The Morgan fingerprint density at radius 3 is 2.57 bits per heavy atom. The molecule has 194 valence electrons. The first-order valence-corrected chi connectivity index (χ1v) is 12.8. The normalized spacial score (nSPS) is 14.7. The number of hydrogen-bond donors (Lipinski definition) is 4. The van der Waals surface area contributed by atoms with Gasteiger partial charge in [-0.2, -0.15) is 5.06 Å². The number of methoxy groups -OCH3 is 1. The number of ether oxygens (including phenoxy) is 1. The van der Waals surface area contributed by atoms with E-state index in [-0.39, 0.29) is 46.9 Å². The molecule has 37 heavy (non-hydrogen) atoms. The zero-order chi connectivity index (χ0) is 26.7. The maximum absolute atomic E-state index is 12.9. The lowest BCUT2D eigenvalue weighted by Crippen LogP contribution is -2.39. The topological polar surface area (TPSA) is 162 Å². The van der Waals surface area contributed by atoms with Crippen LogP contribution in [0.15, 0.2) is 53.7 Å². The number of rotatable bonds is 8. The Labute approximate surface area is 212 Å². The van der Waals surface area contributed by atoms with Crippen molar-refractivity contribution >= 4 is 25.1 Å². The van der Waals surface area contributed by atoms with E-state index < -0.39 is 20.3 Å². The lowest BCUT2D eigenvalue weighted by molar-refractivity contribution is -0.117. The summed E-state index contributed by atoms with van der Waals surface area (Å²) in [5.74, 6) is -0.430. The molecule has 0 radical (unpaired) electrons. The molecule has 3 aromatic rings. The molecule has 4 N–H and O–H groups in total. The molecule has 0 bridgehead atoms. The SMILES string of the molecule is COc1cc2c(cc1Cc1ccccc1)CC(=NCc1c(COP(=O)(O)O)cnc(C)c1O)C(=O)N2O. The Balaban J connectivity index is 1.65. The van der Waals surface area contributed by atoms with Gasteiger partial charge < -0.3 is 19.6 Å². The van der Waals surface area contributed by atoms with Crippen LogP contribution in [0.2, 0.25) is 0 Å². The molecule has 4 rings (SSSR count). The van der Waals surface area contributed by atoms with Crippen molar-refractivity contribution < 1.29 is 38.7 Å². The van der Waals surface area contributed by atoms with Crippen molar-refractivity contribution in [2.75, 3.05) is 12.2 Å². The Morgan fingerprint density at radius 1 is 1.16 bits per heavy atom. The first-order valence-electron chi connectivity index (χ1n) is 11.2. The predicted octanol–water partition coefficient (Wildman–Crippen LogP) is 3.22. The minimum atomic E-state index is -4.76. The van der Waals surface area contributed by atoms with Crippen molar-refractivity contribution in [2.24, 2.45) is 4.99 Å². The third-order valence-corrected chi connectivity index (χ3v) is 6.46. The third-order valence-electron chi connectivity index (χ3n) is 5.99. The van der Waals surface area contributed by atoms with Crippen LogP contribution in [-0.2, 0) is 39.9 Å². The van der Waals surface area contributed by atoms with Gasteiger partial charge in [-0.1, -0.05) is 30.3 Å². The first kappa shape index (κ1) is 26.5. The number of nitrogens with zero attached hydrogens (tertiary/aromatic N) is 3. The second kappa shape index (κ2) is 10.8. The van der Waals surface area contributed by atoms with Crippen LogP contribution in [0.5, 0.6) is 11.5 Å². The molecule has 12 heteroatoms. The van der Waals surface area contributed by atoms with Gasteiger partial charge in [0.2, 0.25) is 0 Å². The van der Waals surface area contributed by atoms with E-state index in [1.165, 1.54) is 13.3 Å². The van der Waals surface area contributed by atoms with Gasteiger partial charge in [0, 0.05) is 36.2 Å². The van der Waals surface area contributed by atoms with E-state index >= 15 is 0 Å². The summed E-state index contributed by atoms with van der Waals surface area (Å²) in [5.41, 5.74) is 3.61. The number of carbonyl (C=O) groups is 1. The summed E-state index contributed by atoms with van der Waals surface area (Å²) in [6, 6.07) is 13.3. The molecule has 0 fully saturated rings. The van der Waals surface area contributed by atoms with Gasteiger partial charge in [0.1, 0.15) is 17.2 Å². The molecule has 11 nitrogen and oxygen atoms in total. The van der Waals surface area contributed by atoms with Gasteiger partial charge in [-0.05, 0) is 29.7 Å². The number of anilines is 1. The highest BCUT2D eigenvalue weighted by atomic mass is 31.2. The van der Waals surface area contributed by atoms with Crippen molar-refractivity contribution in [3.63, 3.8) is 0 Å². The van der Waals surface area contributed by atoms with E-state index in [0.29, 0.717) is 22.8 Å². The van der Waals surface area contributed by atoms with Gasteiger partial charge in [-0.15, -0.1) is 0 Å². The average Bonchev–Trinajstić information content (AvgIpc) is 2.86. The third kappa shape index (κ3) is 6.04. The number of phosphoric acid groups is 1. The summed E-state index contributed by atoms with van der Waals surface area (Å²) in [7, 11) is -3.24. The van der Waals surface area contributed by atoms with E-state index in [9.17, 15) is 19.7 Å². The van der Waals surface area contributed by atoms with Crippen LogP contribution in [0.1, 0.15) is 33.5 Å². The number of hydroxylamine groups is 1. The van der Waals surface area contributed by atoms with E-state index in [2.05, 4.69) is 14.5 Å². The van der Waals surface area contributed by atoms with Gasteiger partial charge in [0.25, 0.3) is 5.91 Å². The lowest BCUT2D eigenvalue weighted by atomic mass is 9.95. The first-order chi connectivity index (χ1) is 17.6. The maximum atomic E-state index is 12.9. The van der Waals surface area contributed by atoms with Crippen molar-refractivity contribution in [3.8, 4) is 11.5 Å². The van der Waals surface area contributed by atoms with Crippen LogP contribution in [-0.4, -0.2) is 43.8 Å². The standard InChI is InChI=1S/C25H26N3O8P/c1-15-24(29)20(19(12-26-15)14-36-37(32,33)34)13-27-21-10-17-9-18(8-16-6-4-3-5-7-16)23(35-2)11-22(17)28(31)25(21)30/h3-7,9,11-12,29,31H,8,10,13-14H2,1-2H3,(H2,32,33,34). The van der Waals surface area contributed by atoms with E-state index in [0.717, 1.165) is 11.1 Å². The minimum absolute atomic E-state index is 0.0431. The number of aromatic hydroxyl groups is 1. The van der Waals surface area contributed by atoms with Gasteiger partial charge in [-0.25, -0.2) is 4.57 Å². The molecule has 1 aromatic heterocycles. The zero-order valence-electron chi connectivity index (χ0n) is 20.2. The lowest BCUT2D eigenvalue weighted by Gasteiger charge is -2.26. The van der Waals surface area contributed by atoms with Crippen molar-refractivity contribution in [1.82, 2.24) is 4.98 Å². The highest BCUT2D eigenvalue weighted by Crippen LogP contribution is 2.38. The van der Waals surface area contributed by atoms with Crippen molar-refractivity contribution in [1.29, 1.82) is 0 Å². The Kier molecular flexibility index (Phi) is 7.72. The Hall–Kier alpha value is -3.60. The number of pyridine rings is 1. The number of hydrogen-bond acceptors (Lipinski definition) is 8. The van der Waals surface area contributed by atoms with Crippen LogP contribution in [0.3, 0.4) is 0 Å². The Bertz CT molecular complexity index is 1400. The summed E-state index contributed by atoms with van der Waals surface area (Å²) >= 11 is 0. The molecule has 0 saturated heterocycles. The number of amides is 1. The fourth-order valence-electron chi connectivity index (χ4n) is 4.07. The summed E-state index contributed by atoms with van der Waals surface area (Å²) in [6.07, 6.45) is 2.02. The highest BCUT2D eigenvalue weighted by molar-refractivity contribution is 7.46. The fourth-order valence-corrected chi connectivity index (χ4v) is 4.38. The van der Waals surface area contributed by atoms with Gasteiger partial charge in [0.05, 0.1) is 31.6 Å². The van der Waals surface area contributed by atoms with Gasteiger partial charge >= 0.3 is 7.82 Å². The molecular formula is C25H26N3O8P. The number of benzene rings is 2. The van der Waals surface area contributed by atoms with Crippen molar-refractivity contribution in [2.45, 2.75) is 32.9 Å². The summed E-state index contributed by atoms with van der Waals surface area (Å²) in [6.45, 7) is 0.835. The molecule has 0 aliphatic carbocycles. The van der Waals surface area contributed by atoms with Gasteiger partial charge in [0.15, 0.2) is 0 Å². The molecule has 0 atom stereocenters. The minimum Gasteiger partial charge on any atom is -0.506 e. The monoisotopic (exact) mass is 527 g/mol. The number of aliphatic imine (C=N–C) groups is 1. The molecule has 2 heterocycles. The van der Waals surface area contributed by atoms with Crippen LogP contribution in [0.25, 0.3) is 0 Å². The number of aromatic nitrogens is 1. The molecule has 2 aromatic carbocycles. The van der Waals surface area contributed by atoms with Crippen LogP contribution in [0.4, 0.5) is 5.69 Å². The molecular weight excluding hydrogens is 501 g/mol. The van der Waals surface area contributed by atoms with Crippen LogP contribution in [0, 0.1) is 6.92 Å². The zero-order valence-corrected chi connectivity index (χ0v) is 21.1. The number of fused-ring (bicyclic) bond motifs is 1. The number of aryl methyl sites for hydroxylation is 1. The molecule has 0 spiro atoms.